The van der Waals surface area contributed by atoms with Crippen LogP contribution in [0.2, 0.25) is 0 Å². The van der Waals surface area contributed by atoms with E-state index in [1.54, 1.807) is 0 Å². The molecule has 0 aromatic heterocycles. The molecule has 0 aromatic carbocycles. The number of nitrogens with zero attached hydrogens (tertiary/aromatic N) is 1. The molecule has 1 N–H and O–H groups in total. The number of carboxylic acid groups (broad SMARTS) is 1. The Morgan fingerprint density at radius 1 is 1.62 bits per heavy atom. The molecule has 1 aliphatic heterocycles. The Morgan fingerprint density at radius 3 is 3.12 bits per heavy atom. The second-order valence-corrected chi connectivity index (χ2v) is 4.71. The Kier molecular flexibility index (Phi) is 3.51. The lowest BCUT2D eigenvalue weighted by atomic mass is 10.0. The first kappa shape index (κ1) is 11.5. The van der Waals surface area contributed by atoms with Crippen LogP contribution in [0.4, 0.5) is 0 Å². The van der Waals surface area contributed by atoms with Gasteiger partial charge in [-0.15, -0.1) is 0 Å². The first-order valence-electron chi connectivity index (χ1n) is 5.54. The summed E-state index contributed by atoms with van der Waals surface area (Å²) < 4.78 is 0. The molecule has 0 amide bonds. The highest BCUT2D eigenvalue weighted by Crippen LogP contribution is 2.20. The molecule has 16 heavy (non-hydrogen) atoms. The molecular weight excluding hydrogens is 222 g/mol. The molecule has 0 saturated carbocycles. The van der Waals surface area contributed by atoms with Gasteiger partial charge in [-0.1, -0.05) is 30.4 Å². The normalized spacial score (nSPS) is 25.9. The van der Waals surface area contributed by atoms with Gasteiger partial charge in [0, 0.05) is 17.8 Å². The number of allylic oxidation sites excluding steroid dienone is 3. The van der Waals surface area contributed by atoms with Crippen molar-refractivity contribution in [1.29, 1.82) is 0 Å². The van der Waals surface area contributed by atoms with Gasteiger partial charge in [-0.3, -0.25) is 9.69 Å². The van der Waals surface area contributed by atoms with Crippen molar-refractivity contribution in [2.75, 3.05) is 13.1 Å². The highest BCUT2D eigenvalue weighted by atomic mass is 32.1. The number of carboxylic acids is 1. The molecule has 1 aliphatic carbocycles. The van der Waals surface area contributed by atoms with E-state index < -0.39 is 5.97 Å². The van der Waals surface area contributed by atoms with Gasteiger partial charge in [0.05, 0.1) is 0 Å². The van der Waals surface area contributed by atoms with Crippen LogP contribution in [0.15, 0.2) is 23.8 Å². The Hall–Kier alpha value is -1.00. The largest absolute Gasteiger partial charge is 0.480 e. The smallest absolute Gasteiger partial charge is 0.320 e. The summed E-state index contributed by atoms with van der Waals surface area (Å²) >= 11 is 5.27. The van der Waals surface area contributed by atoms with Gasteiger partial charge in [0.1, 0.15) is 6.04 Å². The maximum absolute atomic E-state index is 11.0. The lowest BCUT2D eigenvalue weighted by Crippen LogP contribution is -2.38. The molecule has 1 heterocycles. The van der Waals surface area contributed by atoms with Crippen LogP contribution in [0.5, 0.6) is 0 Å². The van der Waals surface area contributed by atoms with Crippen molar-refractivity contribution in [2.45, 2.75) is 25.3 Å². The molecule has 1 atom stereocenters. The third-order valence-corrected chi connectivity index (χ3v) is 3.55. The zero-order valence-electron chi connectivity index (χ0n) is 9.06. The van der Waals surface area contributed by atoms with Crippen molar-refractivity contribution in [3.8, 4) is 0 Å². The average Bonchev–Trinajstić information content (AvgIpc) is 2.69. The molecule has 0 aromatic rings. The van der Waals surface area contributed by atoms with E-state index in [-0.39, 0.29) is 6.04 Å². The monoisotopic (exact) mass is 237 g/mol. The topological polar surface area (TPSA) is 40.5 Å². The summed E-state index contributed by atoms with van der Waals surface area (Å²) in [5.41, 5.74) is 1.10. The maximum Gasteiger partial charge on any atom is 0.320 e. The van der Waals surface area contributed by atoms with Crippen LogP contribution in [0.1, 0.15) is 19.3 Å². The Labute approximate surface area is 100 Å². The van der Waals surface area contributed by atoms with Crippen molar-refractivity contribution >= 4 is 23.1 Å². The summed E-state index contributed by atoms with van der Waals surface area (Å²) in [7, 11) is 0. The van der Waals surface area contributed by atoms with E-state index in [9.17, 15) is 4.79 Å². The van der Waals surface area contributed by atoms with Gasteiger partial charge in [-0.2, -0.15) is 0 Å². The average molecular weight is 237 g/mol. The van der Waals surface area contributed by atoms with Gasteiger partial charge in [0.2, 0.25) is 0 Å². The minimum Gasteiger partial charge on any atom is -0.480 e. The van der Waals surface area contributed by atoms with Crippen LogP contribution in [0.3, 0.4) is 0 Å². The van der Waals surface area contributed by atoms with E-state index in [4.69, 9.17) is 17.3 Å². The van der Waals surface area contributed by atoms with Gasteiger partial charge in [-0.25, -0.2) is 0 Å². The fourth-order valence-corrected chi connectivity index (χ4v) is 2.47. The molecule has 1 fully saturated rings. The third-order valence-electron chi connectivity index (χ3n) is 3.12. The number of thiocarbonyl (C=S) groups is 1. The predicted molar refractivity (Wildman–Crippen MR) is 66.7 cm³/mol. The lowest BCUT2D eigenvalue weighted by molar-refractivity contribution is -0.141. The third kappa shape index (κ3) is 2.39. The summed E-state index contributed by atoms with van der Waals surface area (Å²) in [6.45, 7) is 1.54. The second kappa shape index (κ2) is 4.89. The maximum atomic E-state index is 11.0. The van der Waals surface area contributed by atoms with Gasteiger partial charge >= 0.3 is 5.97 Å². The van der Waals surface area contributed by atoms with Crippen LogP contribution in [0, 0.1) is 0 Å². The molecule has 0 radical (unpaired) electrons. The number of likely N-dealkylation sites (tertiary alicyclic amines) is 1. The summed E-state index contributed by atoms with van der Waals surface area (Å²) in [6, 6.07) is -0.324. The highest BCUT2D eigenvalue weighted by molar-refractivity contribution is 7.80. The molecule has 0 bridgehead atoms. The van der Waals surface area contributed by atoms with Crippen molar-refractivity contribution in [2.24, 2.45) is 0 Å². The van der Waals surface area contributed by atoms with E-state index in [0.717, 1.165) is 36.2 Å². The summed E-state index contributed by atoms with van der Waals surface area (Å²) in [4.78, 5) is 14.0. The van der Waals surface area contributed by atoms with Gasteiger partial charge in [-0.05, 0) is 25.0 Å². The minimum atomic E-state index is -0.713. The number of aliphatic carboxylic acids is 1. The minimum absolute atomic E-state index is 0.324. The molecule has 4 heteroatoms. The van der Waals surface area contributed by atoms with E-state index in [2.05, 4.69) is 0 Å². The van der Waals surface area contributed by atoms with Crippen molar-refractivity contribution < 1.29 is 9.90 Å². The molecular formula is C12H15NO2S. The Balaban J connectivity index is 2.03. The van der Waals surface area contributed by atoms with E-state index in [1.807, 2.05) is 23.1 Å². The number of hydrogen-bond donors (Lipinski definition) is 1. The number of rotatable bonds is 3. The van der Waals surface area contributed by atoms with Gasteiger partial charge in [0.15, 0.2) is 0 Å². The van der Waals surface area contributed by atoms with Crippen LogP contribution in [0.25, 0.3) is 0 Å². The lowest BCUT2D eigenvalue weighted by Gasteiger charge is -2.23. The highest BCUT2D eigenvalue weighted by Gasteiger charge is 2.31. The van der Waals surface area contributed by atoms with Crippen LogP contribution >= 0.6 is 12.2 Å². The fourth-order valence-electron chi connectivity index (χ4n) is 2.24. The predicted octanol–water partition coefficient (Wildman–Crippen LogP) is 1.79. The molecule has 3 nitrogen and oxygen atoms in total. The standard InChI is InChI=1S/C12H15NO2S/c14-12(15)10-5-3-7-13(10)8-9-4-1-2-6-11(9)16/h1-2,4,10H,3,5-8H2,(H,14,15)/t10-/m0/s1. The van der Waals surface area contributed by atoms with Crippen LogP contribution in [-0.4, -0.2) is 40.0 Å². The first-order valence-corrected chi connectivity index (χ1v) is 5.95. The quantitative estimate of drug-likeness (QED) is 0.760. The fraction of sp³-hybridized carbons (Fsp3) is 0.500. The summed E-state index contributed by atoms with van der Waals surface area (Å²) in [6.07, 6.45) is 8.56. The van der Waals surface area contributed by atoms with Gasteiger partial charge in [0.25, 0.3) is 0 Å². The summed E-state index contributed by atoms with van der Waals surface area (Å²) in [5.74, 6) is -0.713. The van der Waals surface area contributed by atoms with Crippen molar-refractivity contribution in [3.05, 3.63) is 23.8 Å². The van der Waals surface area contributed by atoms with E-state index >= 15 is 0 Å². The van der Waals surface area contributed by atoms with E-state index in [1.165, 1.54) is 0 Å². The number of hydrogen-bond acceptors (Lipinski definition) is 3. The zero-order valence-corrected chi connectivity index (χ0v) is 9.87. The molecule has 1 saturated heterocycles. The van der Waals surface area contributed by atoms with Crippen molar-refractivity contribution in [1.82, 2.24) is 4.90 Å². The van der Waals surface area contributed by atoms with Crippen LogP contribution < -0.4 is 0 Å². The zero-order chi connectivity index (χ0) is 11.5. The SMILES string of the molecule is O=C(O)[C@@H]1CCCN1CC1=CC=CCC1=S. The molecule has 2 rings (SSSR count). The van der Waals surface area contributed by atoms with Gasteiger partial charge < -0.3 is 5.11 Å². The Bertz CT molecular complexity index is 373. The first-order chi connectivity index (χ1) is 7.68. The van der Waals surface area contributed by atoms with Crippen molar-refractivity contribution in [3.63, 3.8) is 0 Å². The Morgan fingerprint density at radius 2 is 2.44 bits per heavy atom. The second-order valence-electron chi connectivity index (χ2n) is 4.21. The number of carbonyl (C=O) groups is 1. The van der Waals surface area contributed by atoms with Crippen LogP contribution in [-0.2, 0) is 4.79 Å². The molecule has 86 valence electrons. The van der Waals surface area contributed by atoms with E-state index in [0.29, 0.717) is 6.54 Å². The molecule has 0 spiro atoms. The summed E-state index contributed by atoms with van der Waals surface area (Å²) in [5, 5.41) is 9.07. The molecule has 2 aliphatic rings. The molecule has 0 unspecified atom stereocenters.